The molecule has 0 bridgehead atoms. The molecule has 3 heterocycles. The minimum absolute atomic E-state index is 0.191. The van der Waals surface area contributed by atoms with Crippen LogP contribution in [0.2, 0.25) is 0 Å². The molecule has 0 aromatic carbocycles. The van der Waals surface area contributed by atoms with Crippen molar-refractivity contribution in [2.24, 2.45) is 5.92 Å². The molecule has 0 saturated heterocycles. The summed E-state index contributed by atoms with van der Waals surface area (Å²) in [5.41, 5.74) is 0.843. The van der Waals surface area contributed by atoms with Crippen LogP contribution in [0.5, 0.6) is 0 Å². The van der Waals surface area contributed by atoms with E-state index in [1.54, 1.807) is 0 Å². The van der Waals surface area contributed by atoms with Gasteiger partial charge >= 0.3 is 5.69 Å². The van der Waals surface area contributed by atoms with E-state index in [0.717, 1.165) is 18.5 Å². The Hall–Kier alpha value is -2.81. The Bertz CT molecular complexity index is 1160. The van der Waals surface area contributed by atoms with Crippen LogP contribution in [-0.4, -0.2) is 37.8 Å². The summed E-state index contributed by atoms with van der Waals surface area (Å²) in [6, 6.07) is 2.05. The van der Waals surface area contributed by atoms with E-state index >= 15 is 0 Å². The fourth-order valence-corrected chi connectivity index (χ4v) is 3.41. The Morgan fingerprint density at radius 1 is 1.28 bits per heavy atom. The zero-order valence-electron chi connectivity index (χ0n) is 17.2. The number of rotatable bonds is 7. The van der Waals surface area contributed by atoms with Crippen molar-refractivity contribution >= 4 is 11.0 Å². The third kappa shape index (κ3) is 3.87. The van der Waals surface area contributed by atoms with Crippen LogP contribution in [0.1, 0.15) is 51.0 Å². The topological polar surface area (TPSA) is 119 Å². The van der Waals surface area contributed by atoms with Gasteiger partial charge in [-0.2, -0.15) is 4.98 Å². The second-order valence-corrected chi connectivity index (χ2v) is 8.24. The van der Waals surface area contributed by atoms with E-state index < -0.39 is 11.2 Å². The fraction of sp³-hybridized carbons (Fsp3) is 0.550. The lowest BCUT2D eigenvalue weighted by atomic mass is 10.1. The van der Waals surface area contributed by atoms with Gasteiger partial charge in [0.15, 0.2) is 11.5 Å². The van der Waals surface area contributed by atoms with Crippen molar-refractivity contribution < 1.29 is 4.52 Å². The number of H-pyrrole nitrogens is 1. The second kappa shape index (κ2) is 7.55. The third-order valence-electron chi connectivity index (χ3n) is 5.19. The van der Waals surface area contributed by atoms with Crippen LogP contribution >= 0.6 is 0 Å². The van der Waals surface area contributed by atoms with Gasteiger partial charge in [0.25, 0.3) is 11.4 Å². The Balaban J connectivity index is 1.93. The van der Waals surface area contributed by atoms with Crippen LogP contribution in [0.3, 0.4) is 0 Å². The van der Waals surface area contributed by atoms with Crippen LogP contribution in [-0.2, 0) is 13.0 Å². The summed E-state index contributed by atoms with van der Waals surface area (Å²) in [5.74, 6) is 1.39. The van der Waals surface area contributed by atoms with Crippen molar-refractivity contribution in [3.63, 3.8) is 0 Å². The first kappa shape index (κ1) is 19.5. The number of pyridine rings is 1. The molecule has 1 aliphatic rings. The highest BCUT2D eigenvalue weighted by Gasteiger charge is 2.29. The molecule has 1 aliphatic carbocycles. The highest BCUT2D eigenvalue weighted by Crippen LogP contribution is 2.41. The first-order valence-electron chi connectivity index (χ1n) is 10.0. The fourth-order valence-electron chi connectivity index (χ4n) is 3.41. The van der Waals surface area contributed by atoms with Gasteiger partial charge in [0.2, 0.25) is 0 Å². The molecule has 3 aromatic heterocycles. The van der Waals surface area contributed by atoms with Gasteiger partial charge in [-0.3, -0.25) is 14.3 Å². The summed E-state index contributed by atoms with van der Waals surface area (Å²) < 4.78 is 7.05. The van der Waals surface area contributed by atoms with Gasteiger partial charge < -0.3 is 9.84 Å². The molecule has 0 spiro atoms. The van der Waals surface area contributed by atoms with Crippen LogP contribution < -0.4 is 16.6 Å². The first-order valence-corrected chi connectivity index (χ1v) is 10.0. The monoisotopic (exact) mass is 398 g/mol. The van der Waals surface area contributed by atoms with E-state index in [1.165, 1.54) is 4.57 Å². The van der Waals surface area contributed by atoms with E-state index in [0.29, 0.717) is 41.3 Å². The molecule has 4 rings (SSSR count). The van der Waals surface area contributed by atoms with Crippen molar-refractivity contribution in [2.75, 3.05) is 7.05 Å². The van der Waals surface area contributed by atoms with E-state index in [9.17, 15) is 9.59 Å². The maximum atomic E-state index is 12.8. The maximum Gasteiger partial charge on any atom is 0.330 e. The normalized spacial score (nSPS) is 15.3. The Morgan fingerprint density at radius 3 is 2.69 bits per heavy atom. The lowest BCUT2D eigenvalue weighted by Crippen LogP contribution is -2.32. The van der Waals surface area contributed by atoms with Crippen molar-refractivity contribution in [2.45, 2.75) is 58.5 Å². The van der Waals surface area contributed by atoms with Crippen molar-refractivity contribution in [1.29, 1.82) is 0 Å². The molecule has 0 radical (unpaired) electrons. The van der Waals surface area contributed by atoms with E-state index in [1.807, 2.05) is 33.9 Å². The van der Waals surface area contributed by atoms with Gasteiger partial charge in [-0.1, -0.05) is 19.0 Å². The van der Waals surface area contributed by atoms with Gasteiger partial charge in [0.1, 0.15) is 0 Å². The number of likely N-dealkylation sites (N-methyl/N-ethyl adjacent to an activating group) is 1. The van der Waals surface area contributed by atoms with Gasteiger partial charge in [0.05, 0.1) is 10.9 Å². The average molecular weight is 398 g/mol. The van der Waals surface area contributed by atoms with Crippen LogP contribution in [0.25, 0.3) is 22.5 Å². The lowest BCUT2D eigenvalue weighted by Gasteiger charge is -2.13. The highest BCUT2D eigenvalue weighted by molar-refractivity contribution is 5.90. The molecular formula is C20H26N6O3. The molecule has 29 heavy (non-hydrogen) atoms. The maximum absolute atomic E-state index is 12.8. The SMILES string of the molecule is CNC(C)Cc1noc(-c2cc(C3CC3)nc3c2c(=O)[nH]c(=O)n3CC(C)C)n1. The smallest absolute Gasteiger partial charge is 0.330 e. The molecular weight excluding hydrogens is 372 g/mol. The van der Waals surface area contributed by atoms with Crippen molar-refractivity contribution in [3.8, 4) is 11.5 Å². The summed E-state index contributed by atoms with van der Waals surface area (Å²) in [5, 5.41) is 7.52. The minimum Gasteiger partial charge on any atom is -0.334 e. The molecule has 1 saturated carbocycles. The number of aromatic nitrogens is 5. The molecule has 1 unspecified atom stereocenters. The van der Waals surface area contributed by atoms with Crippen LogP contribution in [0, 0.1) is 5.92 Å². The average Bonchev–Trinajstić information content (AvgIpc) is 3.43. The summed E-state index contributed by atoms with van der Waals surface area (Å²) in [7, 11) is 1.87. The first-order chi connectivity index (χ1) is 13.9. The zero-order chi connectivity index (χ0) is 20.7. The van der Waals surface area contributed by atoms with Gasteiger partial charge in [-0.05, 0) is 38.8 Å². The Kier molecular flexibility index (Phi) is 5.08. The number of aromatic amines is 1. The van der Waals surface area contributed by atoms with Crippen LogP contribution in [0.4, 0.5) is 0 Å². The number of nitrogens with zero attached hydrogens (tertiary/aromatic N) is 4. The predicted molar refractivity (Wildman–Crippen MR) is 109 cm³/mol. The summed E-state index contributed by atoms with van der Waals surface area (Å²) in [4.78, 5) is 36.9. The van der Waals surface area contributed by atoms with E-state index in [2.05, 4.69) is 20.4 Å². The zero-order valence-corrected chi connectivity index (χ0v) is 17.2. The van der Waals surface area contributed by atoms with E-state index in [4.69, 9.17) is 9.51 Å². The second-order valence-electron chi connectivity index (χ2n) is 8.24. The quantitative estimate of drug-likeness (QED) is 0.623. The molecule has 1 fully saturated rings. The van der Waals surface area contributed by atoms with Gasteiger partial charge in [-0.15, -0.1) is 0 Å². The molecule has 0 aliphatic heterocycles. The van der Waals surface area contributed by atoms with Gasteiger partial charge in [-0.25, -0.2) is 9.78 Å². The standard InChI is InChI=1S/C20H26N6O3/c1-10(2)9-26-17-16(18(27)24-20(26)28)13(8-14(22-17)12-5-6-12)19-23-15(25-29-19)7-11(3)21-4/h8,10-12,21H,5-7,9H2,1-4H3,(H,24,27,28). The predicted octanol–water partition coefficient (Wildman–Crippen LogP) is 1.82. The third-order valence-corrected chi connectivity index (χ3v) is 5.19. The molecule has 2 N–H and O–H groups in total. The largest absolute Gasteiger partial charge is 0.334 e. The molecule has 0 amide bonds. The molecule has 9 heteroatoms. The Morgan fingerprint density at radius 2 is 2.03 bits per heavy atom. The molecule has 154 valence electrons. The summed E-state index contributed by atoms with van der Waals surface area (Å²) in [6.07, 6.45) is 2.70. The minimum atomic E-state index is -0.488. The highest BCUT2D eigenvalue weighted by atomic mass is 16.5. The van der Waals surface area contributed by atoms with Crippen LogP contribution in [0.15, 0.2) is 20.2 Å². The van der Waals surface area contributed by atoms with E-state index in [-0.39, 0.29) is 17.9 Å². The Labute approximate surface area is 167 Å². The van der Waals surface area contributed by atoms with Gasteiger partial charge in [0, 0.05) is 30.6 Å². The number of nitrogens with one attached hydrogen (secondary N) is 2. The molecule has 9 nitrogen and oxygen atoms in total. The van der Waals surface area contributed by atoms with Crippen molar-refractivity contribution in [3.05, 3.63) is 38.4 Å². The molecule has 3 aromatic rings. The lowest BCUT2D eigenvalue weighted by molar-refractivity contribution is 0.418. The summed E-state index contributed by atoms with van der Waals surface area (Å²) in [6.45, 7) is 6.52. The number of fused-ring (bicyclic) bond motifs is 1. The number of hydrogen-bond acceptors (Lipinski definition) is 7. The molecule has 1 atom stereocenters. The van der Waals surface area contributed by atoms with Crippen molar-refractivity contribution in [1.82, 2.24) is 30.0 Å². The number of hydrogen-bond donors (Lipinski definition) is 2. The summed E-state index contributed by atoms with van der Waals surface area (Å²) >= 11 is 0.